The molecule has 4 aromatic rings. The van der Waals surface area contributed by atoms with E-state index in [-0.39, 0.29) is 10.8 Å². The number of benzene rings is 4. The van der Waals surface area contributed by atoms with Gasteiger partial charge in [-0.25, -0.2) is 0 Å². The molecule has 0 N–H and O–H groups in total. The Labute approximate surface area is 189 Å². The summed E-state index contributed by atoms with van der Waals surface area (Å²) in [5, 5.41) is 0.806. The van der Waals surface area contributed by atoms with Crippen molar-refractivity contribution in [2.75, 3.05) is 0 Å². The monoisotopic (exact) mass is 420 g/mol. The van der Waals surface area contributed by atoms with Crippen LogP contribution in [0.2, 0.25) is 5.02 Å². The average molecular weight is 421 g/mol. The standard InChI is InChI=1S/C30H25Cl/c1-29(2)25-8-6-5-7-21(25)22-12-9-19(16-27(22)29)18-10-14-26-24(15-18)23-13-11-20(31)17-28(23)30(26,3)4/h5-17H,1-4H3. The molecule has 0 atom stereocenters. The average Bonchev–Trinajstić information content (AvgIpc) is 3.13. The summed E-state index contributed by atoms with van der Waals surface area (Å²) < 4.78 is 0. The summed E-state index contributed by atoms with van der Waals surface area (Å²) in [6, 6.07) is 29.1. The third-order valence-corrected chi connectivity index (χ3v) is 7.79. The molecule has 4 aromatic carbocycles. The van der Waals surface area contributed by atoms with Gasteiger partial charge in [0.05, 0.1) is 0 Å². The Kier molecular flexibility index (Phi) is 3.73. The Morgan fingerprint density at radius 2 is 1.03 bits per heavy atom. The molecule has 0 bridgehead atoms. The van der Waals surface area contributed by atoms with Crippen LogP contribution in [0.3, 0.4) is 0 Å². The smallest absolute Gasteiger partial charge is 0.0409 e. The van der Waals surface area contributed by atoms with Gasteiger partial charge in [-0.3, -0.25) is 0 Å². The molecule has 152 valence electrons. The Bertz CT molecular complexity index is 1390. The minimum atomic E-state index is -0.0321. The maximum atomic E-state index is 6.34. The van der Waals surface area contributed by atoms with Crippen LogP contribution in [0.25, 0.3) is 33.4 Å². The van der Waals surface area contributed by atoms with Crippen LogP contribution in [0.4, 0.5) is 0 Å². The van der Waals surface area contributed by atoms with Gasteiger partial charge in [-0.05, 0) is 79.9 Å². The SMILES string of the molecule is CC1(C)c2ccc(-c3ccc4c(c3)C(C)(C)c3ccccc3-4)cc2-c2ccc(Cl)cc21. The van der Waals surface area contributed by atoms with Crippen LogP contribution in [0, 0.1) is 0 Å². The third kappa shape index (κ3) is 2.49. The van der Waals surface area contributed by atoms with Gasteiger partial charge in [-0.15, -0.1) is 0 Å². The van der Waals surface area contributed by atoms with Crippen molar-refractivity contribution in [3.05, 3.63) is 106 Å². The van der Waals surface area contributed by atoms with E-state index in [4.69, 9.17) is 11.6 Å². The van der Waals surface area contributed by atoms with Gasteiger partial charge in [0.1, 0.15) is 0 Å². The van der Waals surface area contributed by atoms with Crippen LogP contribution in [0.15, 0.2) is 78.9 Å². The first-order chi connectivity index (χ1) is 14.8. The summed E-state index contributed by atoms with van der Waals surface area (Å²) in [6.07, 6.45) is 0. The van der Waals surface area contributed by atoms with Gasteiger partial charge in [-0.1, -0.05) is 93.9 Å². The fraction of sp³-hybridized carbons (Fsp3) is 0.200. The quantitative estimate of drug-likeness (QED) is 0.289. The lowest BCUT2D eigenvalue weighted by Gasteiger charge is -2.22. The first kappa shape index (κ1) is 18.9. The second-order valence-electron chi connectivity index (χ2n) is 10.0. The van der Waals surface area contributed by atoms with E-state index in [1.165, 1.54) is 55.6 Å². The maximum absolute atomic E-state index is 6.34. The lowest BCUT2D eigenvalue weighted by molar-refractivity contribution is 0.660. The molecule has 0 aromatic heterocycles. The zero-order chi connectivity index (χ0) is 21.5. The van der Waals surface area contributed by atoms with E-state index >= 15 is 0 Å². The van der Waals surface area contributed by atoms with Crippen molar-refractivity contribution in [1.82, 2.24) is 0 Å². The van der Waals surface area contributed by atoms with Gasteiger partial charge < -0.3 is 0 Å². The van der Waals surface area contributed by atoms with Crippen molar-refractivity contribution in [3.63, 3.8) is 0 Å². The molecule has 0 radical (unpaired) electrons. The van der Waals surface area contributed by atoms with Gasteiger partial charge in [0.25, 0.3) is 0 Å². The molecule has 0 saturated carbocycles. The van der Waals surface area contributed by atoms with Crippen molar-refractivity contribution in [2.45, 2.75) is 38.5 Å². The van der Waals surface area contributed by atoms with Gasteiger partial charge in [-0.2, -0.15) is 0 Å². The second kappa shape index (κ2) is 6.11. The third-order valence-electron chi connectivity index (χ3n) is 7.55. The Morgan fingerprint density at radius 3 is 1.84 bits per heavy atom. The first-order valence-electron chi connectivity index (χ1n) is 11.0. The molecular formula is C30H25Cl. The van der Waals surface area contributed by atoms with Crippen molar-refractivity contribution in [3.8, 4) is 33.4 Å². The predicted octanol–water partition coefficient (Wildman–Crippen LogP) is 8.62. The van der Waals surface area contributed by atoms with Gasteiger partial charge >= 0.3 is 0 Å². The molecule has 2 aliphatic carbocycles. The van der Waals surface area contributed by atoms with Crippen LogP contribution < -0.4 is 0 Å². The van der Waals surface area contributed by atoms with E-state index in [0.717, 1.165) is 5.02 Å². The number of fused-ring (bicyclic) bond motifs is 6. The molecule has 6 rings (SSSR count). The van der Waals surface area contributed by atoms with Crippen molar-refractivity contribution in [1.29, 1.82) is 0 Å². The zero-order valence-electron chi connectivity index (χ0n) is 18.4. The molecule has 0 fully saturated rings. The fourth-order valence-electron chi connectivity index (χ4n) is 5.79. The molecule has 31 heavy (non-hydrogen) atoms. The molecule has 1 heteroatoms. The minimum Gasteiger partial charge on any atom is -0.0843 e. The minimum absolute atomic E-state index is 0.0179. The number of rotatable bonds is 1. The van der Waals surface area contributed by atoms with Gasteiger partial charge in [0.15, 0.2) is 0 Å². The van der Waals surface area contributed by atoms with E-state index in [1.807, 2.05) is 6.07 Å². The maximum Gasteiger partial charge on any atom is 0.0409 e. The number of halogens is 1. The van der Waals surface area contributed by atoms with Crippen molar-refractivity contribution in [2.24, 2.45) is 0 Å². The van der Waals surface area contributed by atoms with E-state index in [1.54, 1.807) is 0 Å². The Balaban J connectivity index is 1.51. The molecule has 2 aliphatic rings. The number of hydrogen-bond donors (Lipinski definition) is 0. The molecule has 0 unspecified atom stereocenters. The normalized spacial score (nSPS) is 16.4. The summed E-state index contributed by atoms with van der Waals surface area (Å²) >= 11 is 6.34. The van der Waals surface area contributed by atoms with Gasteiger partial charge in [0.2, 0.25) is 0 Å². The molecule has 0 spiro atoms. The Morgan fingerprint density at radius 1 is 0.484 bits per heavy atom. The Hall–Kier alpha value is -2.83. The number of hydrogen-bond acceptors (Lipinski definition) is 0. The highest BCUT2D eigenvalue weighted by Crippen LogP contribution is 2.52. The summed E-state index contributed by atoms with van der Waals surface area (Å²) in [7, 11) is 0. The van der Waals surface area contributed by atoms with Gasteiger partial charge in [0, 0.05) is 15.9 Å². The zero-order valence-corrected chi connectivity index (χ0v) is 19.1. The van der Waals surface area contributed by atoms with Crippen LogP contribution in [-0.2, 0) is 10.8 Å². The van der Waals surface area contributed by atoms with E-state index in [0.29, 0.717) is 0 Å². The molecule has 0 heterocycles. The molecule has 0 nitrogen and oxygen atoms in total. The fourth-order valence-corrected chi connectivity index (χ4v) is 5.96. The lowest BCUT2D eigenvalue weighted by Crippen LogP contribution is -2.15. The van der Waals surface area contributed by atoms with Crippen molar-refractivity contribution >= 4 is 11.6 Å². The van der Waals surface area contributed by atoms with E-state index in [9.17, 15) is 0 Å². The molecule has 0 saturated heterocycles. The first-order valence-corrected chi connectivity index (χ1v) is 11.4. The van der Waals surface area contributed by atoms with E-state index in [2.05, 4.69) is 100 Å². The largest absolute Gasteiger partial charge is 0.0843 e. The highest BCUT2D eigenvalue weighted by Gasteiger charge is 2.37. The summed E-state index contributed by atoms with van der Waals surface area (Å²) in [6.45, 7) is 9.27. The second-order valence-corrected chi connectivity index (χ2v) is 10.4. The van der Waals surface area contributed by atoms with E-state index < -0.39 is 0 Å². The van der Waals surface area contributed by atoms with Crippen molar-refractivity contribution < 1.29 is 0 Å². The van der Waals surface area contributed by atoms with Crippen LogP contribution in [-0.4, -0.2) is 0 Å². The molecule has 0 amide bonds. The highest BCUT2D eigenvalue weighted by molar-refractivity contribution is 6.30. The van der Waals surface area contributed by atoms with Crippen LogP contribution >= 0.6 is 11.6 Å². The molecule has 0 aliphatic heterocycles. The molecular weight excluding hydrogens is 396 g/mol. The van der Waals surface area contributed by atoms with Crippen LogP contribution in [0.5, 0.6) is 0 Å². The lowest BCUT2D eigenvalue weighted by atomic mass is 9.81. The highest BCUT2D eigenvalue weighted by atomic mass is 35.5. The summed E-state index contributed by atoms with van der Waals surface area (Å²) in [5.74, 6) is 0. The topological polar surface area (TPSA) is 0 Å². The predicted molar refractivity (Wildman–Crippen MR) is 132 cm³/mol. The summed E-state index contributed by atoms with van der Waals surface area (Å²) in [5.41, 5.74) is 13.4. The summed E-state index contributed by atoms with van der Waals surface area (Å²) in [4.78, 5) is 0. The van der Waals surface area contributed by atoms with Crippen LogP contribution in [0.1, 0.15) is 49.9 Å².